The first-order chi connectivity index (χ1) is 11.1. The molecule has 2 aromatic carbocycles. The molecule has 0 radical (unpaired) electrons. The van der Waals surface area contributed by atoms with E-state index < -0.39 is 6.03 Å². The Morgan fingerprint density at radius 1 is 1.09 bits per heavy atom. The van der Waals surface area contributed by atoms with Crippen molar-refractivity contribution in [2.24, 2.45) is 5.73 Å². The van der Waals surface area contributed by atoms with Crippen molar-refractivity contribution in [1.29, 1.82) is 0 Å². The van der Waals surface area contributed by atoms with Crippen LogP contribution >= 0.6 is 0 Å². The highest BCUT2D eigenvalue weighted by Gasteiger charge is 2.07. The summed E-state index contributed by atoms with van der Waals surface area (Å²) in [6.45, 7) is 3.96. The fourth-order valence-electron chi connectivity index (χ4n) is 2.03. The summed E-state index contributed by atoms with van der Waals surface area (Å²) in [5, 5.41) is 0. The number of hydrogen-bond donors (Lipinski definition) is 3. The molecule has 0 saturated carbocycles. The lowest BCUT2D eigenvalue weighted by Gasteiger charge is -2.14. The molecule has 0 aromatic heterocycles. The van der Waals surface area contributed by atoms with Crippen molar-refractivity contribution in [3.8, 4) is 5.75 Å². The second-order valence-corrected chi connectivity index (χ2v) is 4.79. The van der Waals surface area contributed by atoms with Gasteiger partial charge < -0.3 is 10.5 Å². The predicted molar refractivity (Wildman–Crippen MR) is 92.3 cm³/mol. The first-order valence-corrected chi connectivity index (χ1v) is 7.02. The quantitative estimate of drug-likeness (QED) is 0.436. The zero-order chi connectivity index (χ0) is 16.7. The van der Waals surface area contributed by atoms with Gasteiger partial charge in [0.05, 0.1) is 12.8 Å². The van der Waals surface area contributed by atoms with Crippen LogP contribution in [0.2, 0.25) is 0 Å². The van der Waals surface area contributed by atoms with Crippen LogP contribution in [0.4, 0.5) is 4.79 Å². The van der Waals surface area contributed by atoms with Gasteiger partial charge >= 0.3 is 6.03 Å². The second kappa shape index (κ2) is 7.70. The summed E-state index contributed by atoms with van der Waals surface area (Å²) in [5.41, 5.74) is 13.4. The molecule has 2 rings (SSSR count). The van der Waals surface area contributed by atoms with Gasteiger partial charge in [-0.25, -0.2) is 4.79 Å². The Balaban J connectivity index is 2.33. The topological polar surface area (TPSA) is 76.4 Å². The molecule has 0 aliphatic rings. The maximum absolute atomic E-state index is 10.9. The van der Waals surface area contributed by atoms with Gasteiger partial charge in [-0.3, -0.25) is 10.9 Å². The zero-order valence-corrected chi connectivity index (χ0v) is 12.9. The average molecular weight is 309 g/mol. The van der Waals surface area contributed by atoms with Crippen LogP contribution in [-0.2, 0) is 0 Å². The number of methoxy groups -OCH3 is 1. The summed E-state index contributed by atoms with van der Waals surface area (Å²) in [6, 6.07) is 16.7. The van der Waals surface area contributed by atoms with Gasteiger partial charge in [0, 0.05) is 5.57 Å². The number of hydrogen-bond acceptors (Lipinski definition) is 3. The van der Waals surface area contributed by atoms with Crippen LogP contribution in [0, 0.1) is 0 Å². The number of amides is 2. The minimum atomic E-state index is -0.678. The van der Waals surface area contributed by atoms with Gasteiger partial charge in [-0.05, 0) is 29.3 Å². The van der Waals surface area contributed by atoms with E-state index in [9.17, 15) is 4.79 Å². The molecule has 0 fully saturated rings. The monoisotopic (exact) mass is 309 g/mol. The normalized spacial score (nSPS) is 10.7. The average Bonchev–Trinajstić information content (AvgIpc) is 2.59. The molecule has 23 heavy (non-hydrogen) atoms. The van der Waals surface area contributed by atoms with E-state index in [1.165, 1.54) is 0 Å². The van der Waals surface area contributed by atoms with E-state index in [4.69, 9.17) is 10.5 Å². The fourth-order valence-corrected chi connectivity index (χ4v) is 2.03. The number of carbonyl (C=O) groups excluding carboxylic acids is 1. The van der Waals surface area contributed by atoms with Crippen LogP contribution < -0.4 is 21.3 Å². The summed E-state index contributed by atoms with van der Waals surface area (Å²) in [7, 11) is 1.63. The summed E-state index contributed by atoms with van der Waals surface area (Å²) in [4.78, 5) is 10.9. The second-order valence-electron chi connectivity index (χ2n) is 4.79. The Labute approximate surface area is 135 Å². The lowest BCUT2D eigenvalue weighted by Crippen LogP contribution is -2.40. The van der Waals surface area contributed by atoms with Crippen molar-refractivity contribution in [3.63, 3.8) is 0 Å². The minimum absolute atomic E-state index is 0.533. The number of hydrazine groups is 1. The lowest BCUT2D eigenvalue weighted by atomic mass is 10.0. The first-order valence-electron chi connectivity index (χ1n) is 7.02. The summed E-state index contributed by atoms with van der Waals surface area (Å²) < 4.78 is 5.16. The highest BCUT2D eigenvalue weighted by molar-refractivity contribution is 5.90. The van der Waals surface area contributed by atoms with E-state index in [1.54, 1.807) is 7.11 Å². The number of benzene rings is 2. The van der Waals surface area contributed by atoms with E-state index in [-0.39, 0.29) is 0 Å². The number of carbonyl (C=O) groups is 1. The zero-order valence-electron chi connectivity index (χ0n) is 12.9. The van der Waals surface area contributed by atoms with Crippen molar-refractivity contribution in [2.45, 2.75) is 0 Å². The van der Waals surface area contributed by atoms with Gasteiger partial charge in [-0.1, -0.05) is 49.0 Å². The Hall–Kier alpha value is -3.21. The maximum Gasteiger partial charge on any atom is 0.330 e. The lowest BCUT2D eigenvalue weighted by molar-refractivity contribution is 0.246. The number of nitrogens with one attached hydrogen (secondary N) is 2. The van der Waals surface area contributed by atoms with E-state index in [0.717, 1.165) is 22.4 Å². The van der Waals surface area contributed by atoms with E-state index in [0.29, 0.717) is 5.70 Å². The van der Waals surface area contributed by atoms with Crippen LogP contribution in [0.25, 0.3) is 11.6 Å². The molecule has 0 heterocycles. The van der Waals surface area contributed by atoms with Crippen molar-refractivity contribution < 1.29 is 9.53 Å². The van der Waals surface area contributed by atoms with Crippen molar-refractivity contribution in [1.82, 2.24) is 10.9 Å². The molecule has 2 aromatic rings. The Morgan fingerprint density at radius 3 is 2.30 bits per heavy atom. The molecule has 2 amide bonds. The third-order valence-electron chi connectivity index (χ3n) is 3.17. The molecule has 5 heteroatoms. The molecule has 0 saturated heterocycles. The Kier molecular flexibility index (Phi) is 5.41. The van der Waals surface area contributed by atoms with Gasteiger partial charge in [0.1, 0.15) is 5.75 Å². The number of primary amides is 1. The molecule has 0 atom stereocenters. The molecule has 0 aliphatic carbocycles. The van der Waals surface area contributed by atoms with Gasteiger partial charge in [0.25, 0.3) is 0 Å². The molecular formula is C18H19N3O2. The Morgan fingerprint density at radius 2 is 1.74 bits per heavy atom. The standard InChI is InChI=1S/C18H19N3O2/c1-13(20-21-18(19)22)17(15-6-4-3-5-7-15)12-14-8-10-16(23-2)11-9-14/h3-12,20H,1H2,2H3,(H3,19,21,22). The molecule has 4 N–H and O–H groups in total. The Bertz CT molecular complexity index is 707. The van der Waals surface area contributed by atoms with Gasteiger partial charge in [-0.15, -0.1) is 0 Å². The molecule has 0 aliphatic heterocycles. The maximum atomic E-state index is 10.9. The number of rotatable bonds is 6. The van der Waals surface area contributed by atoms with Crippen molar-refractivity contribution in [3.05, 3.63) is 78.0 Å². The molecule has 0 bridgehead atoms. The van der Waals surface area contributed by atoms with Crippen molar-refractivity contribution >= 4 is 17.7 Å². The molecular weight excluding hydrogens is 290 g/mol. The number of urea groups is 1. The highest BCUT2D eigenvalue weighted by Crippen LogP contribution is 2.24. The molecule has 118 valence electrons. The van der Waals surface area contributed by atoms with Crippen molar-refractivity contribution in [2.75, 3.05) is 7.11 Å². The summed E-state index contributed by atoms with van der Waals surface area (Å²) >= 11 is 0. The van der Waals surface area contributed by atoms with E-state index in [2.05, 4.69) is 17.4 Å². The van der Waals surface area contributed by atoms with Crippen LogP contribution in [-0.4, -0.2) is 13.1 Å². The van der Waals surface area contributed by atoms with Crippen LogP contribution in [0.1, 0.15) is 11.1 Å². The summed E-state index contributed by atoms with van der Waals surface area (Å²) in [6.07, 6.45) is 1.97. The largest absolute Gasteiger partial charge is 0.497 e. The van der Waals surface area contributed by atoms with Gasteiger partial charge in [-0.2, -0.15) is 0 Å². The van der Waals surface area contributed by atoms with Crippen LogP contribution in [0.3, 0.4) is 0 Å². The summed E-state index contributed by atoms with van der Waals surface area (Å²) in [5.74, 6) is 0.788. The SMILES string of the molecule is C=C(NNC(N)=O)C(=Cc1ccc(OC)cc1)c1ccccc1. The minimum Gasteiger partial charge on any atom is -0.497 e. The molecule has 0 spiro atoms. The smallest absolute Gasteiger partial charge is 0.330 e. The number of nitrogens with two attached hydrogens (primary N) is 1. The predicted octanol–water partition coefficient (Wildman–Crippen LogP) is 2.92. The van der Waals surface area contributed by atoms with Crippen LogP contribution in [0.15, 0.2) is 66.9 Å². The number of allylic oxidation sites excluding steroid dienone is 1. The van der Waals surface area contributed by atoms with E-state index >= 15 is 0 Å². The first kappa shape index (κ1) is 16.2. The van der Waals surface area contributed by atoms with Gasteiger partial charge in [0.15, 0.2) is 0 Å². The third kappa shape index (κ3) is 4.64. The van der Waals surface area contributed by atoms with Crippen LogP contribution in [0.5, 0.6) is 5.75 Å². The molecule has 5 nitrogen and oxygen atoms in total. The third-order valence-corrected chi connectivity index (χ3v) is 3.17. The number of ether oxygens (including phenoxy) is 1. The highest BCUT2D eigenvalue weighted by atomic mass is 16.5. The molecule has 0 unspecified atom stereocenters. The van der Waals surface area contributed by atoms with Gasteiger partial charge in [0.2, 0.25) is 0 Å². The fraction of sp³-hybridized carbons (Fsp3) is 0.0556. The van der Waals surface area contributed by atoms with E-state index in [1.807, 2.05) is 60.7 Å².